The highest BCUT2D eigenvalue weighted by Gasteiger charge is 2.61. The van der Waals surface area contributed by atoms with E-state index in [1.54, 1.807) is 11.5 Å². The van der Waals surface area contributed by atoms with Gasteiger partial charge in [0, 0.05) is 16.5 Å². The summed E-state index contributed by atoms with van der Waals surface area (Å²) in [6.45, 7) is 4.64. The van der Waals surface area contributed by atoms with Crippen molar-refractivity contribution in [1.82, 2.24) is 13.9 Å². The van der Waals surface area contributed by atoms with Crippen LogP contribution in [0.4, 0.5) is 0 Å². The molecule has 4 aromatic heterocycles. The largest absolute Gasteiger partial charge is 0.332 e. The fraction of sp³-hybridized carbons (Fsp3) is 0.429. The number of nitrogens with zero attached hydrogens (tertiary/aromatic N) is 3. The van der Waals surface area contributed by atoms with Crippen molar-refractivity contribution in [3.05, 3.63) is 58.0 Å². The number of benzene rings is 1. The van der Waals surface area contributed by atoms with Gasteiger partial charge in [-0.3, -0.25) is 0 Å². The van der Waals surface area contributed by atoms with Crippen molar-refractivity contribution >= 4 is 54.6 Å². The molecule has 6 heteroatoms. The van der Waals surface area contributed by atoms with Crippen LogP contribution in [0.2, 0.25) is 0 Å². The Kier molecular flexibility index (Phi) is 4.04. The molecule has 172 valence electrons. The molecule has 4 aliphatic rings. The van der Waals surface area contributed by atoms with Crippen LogP contribution < -0.4 is 0 Å². The molecule has 34 heavy (non-hydrogen) atoms. The smallest absolute Gasteiger partial charge is 0.149 e. The first-order chi connectivity index (χ1) is 16.6. The summed E-state index contributed by atoms with van der Waals surface area (Å²) >= 11 is 5.49. The molecule has 0 N–H and O–H groups in total. The maximum atomic E-state index is 5.22. The van der Waals surface area contributed by atoms with Gasteiger partial charge in [-0.1, -0.05) is 30.3 Å². The molecule has 2 atom stereocenters. The van der Waals surface area contributed by atoms with Crippen LogP contribution in [0, 0.1) is 25.7 Å². The van der Waals surface area contributed by atoms with E-state index in [-0.39, 0.29) is 11.0 Å². The molecular formula is C28H27N3S3. The fourth-order valence-corrected chi connectivity index (χ4v) is 11.2. The molecule has 1 aromatic carbocycles. The first-order valence-electron chi connectivity index (χ1n) is 12.4. The van der Waals surface area contributed by atoms with Gasteiger partial charge in [0.2, 0.25) is 0 Å². The molecule has 4 saturated carbocycles. The van der Waals surface area contributed by atoms with Crippen molar-refractivity contribution in [2.24, 2.45) is 11.8 Å². The van der Waals surface area contributed by atoms with Gasteiger partial charge in [-0.2, -0.15) is 4.37 Å². The molecule has 9 rings (SSSR count). The average molecular weight is 502 g/mol. The van der Waals surface area contributed by atoms with E-state index in [0.29, 0.717) is 0 Å². The minimum absolute atomic E-state index is 0.129. The lowest BCUT2D eigenvalue weighted by atomic mass is 9.46. The normalized spacial score (nSPS) is 30.2. The molecular weight excluding hydrogens is 475 g/mol. The molecule has 0 spiro atoms. The van der Waals surface area contributed by atoms with E-state index < -0.39 is 0 Å². The summed E-state index contributed by atoms with van der Waals surface area (Å²) in [6, 6.07) is 10.6. The van der Waals surface area contributed by atoms with E-state index in [1.165, 1.54) is 75.6 Å². The number of thiophene rings is 2. The molecule has 2 unspecified atom stereocenters. The van der Waals surface area contributed by atoms with Crippen LogP contribution in [0.3, 0.4) is 0 Å². The maximum Gasteiger partial charge on any atom is 0.149 e. The highest BCUT2D eigenvalue weighted by atomic mass is 32.1. The average Bonchev–Trinajstić information content (AvgIpc) is 3.59. The maximum absolute atomic E-state index is 5.22. The van der Waals surface area contributed by atoms with Gasteiger partial charge in [0.15, 0.2) is 0 Å². The van der Waals surface area contributed by atoms with Gasteiger partial charge in [-0.15, -0.1) is 22.7 Å². The summed E-state index contributed by atoms with van der Waals surface area (Å²) in [6.07, 6.45) is 7.79. The first kappa shape index (κ1) is 20.2. The highest BCUT2D eigenvalue weighted by Crippen LogP contribution is 2.66. The fourth-order valence-electron chi connectivity index (χ4n) is 8.21. The summed E-state index contributed by atoms with van der Waals surface area (Å²) in [5, 5.41) is 5.83. The van der Waals surface area contributed by atoms with E-state index in [4.69, 9.17) is 9.36 Å². The molecule has 5 aromatic rings. The predicted molar refractivity (Wildman–Crippen MR) is 144 cm³/mol. The van der Waals surface area contributed by atoms with Crippen LogP contribution in [0.5, 0.6) is 0 Å². The van der Waals surface area contributed by atoms with Gasteiger partial charge in [0.1, 0.15) is 10.8 Å². The number of fused-ring (bicyclic) bond motifs is 3. The van der Waals surface area contributed by atoms with Gasteiger partial charge in [-0.05, 0) is 97.6 Å². The number of aryl methyl sites for hydroxylation is 2. The van der Waals surface area contributed by atoms with E-state index in [9.17, 15) is 0 Å². The van der Waals surface area contributed by atoms with Crippen molar-refractivity contribution in [3.63, 3.8) is 0 Å². The van der Waals surface area contributed by atoms with E-state index in [2.05, 4.69) is 59.5 Å². The Balaban J connectivity index is 1.32. The molecule has 3 nitrogen and oxygen atoms in total. The monoisotopic (exact) mass is 501 g/mol. The molecule has 0 saturated heterocycles. The van der Waals surface area contributed by atoms with Gasteiger partial charge in [0.05, 0.1) is 20.4 Å². The van der Waals surface area contributed by atoms with Crippen LogP contribution in [-0.2, 0) is 11.0 Å². The summed E-state index contributed by atoms with van der Waals surface area (Å²) in [5.41, 5.74) is 7.45. The van der Waals surface area contributed by atoms with Crippen molar-refractivity contribution in [2.45, 2.75) is 63.3 Å². The Morgan fingerprint density at radius 1 is 0.882 bits per heavy atom. The minimum atomic E-state index is 0.129. The lowest BCUT2D eigenvalue weighted by Crippen LogP contribution is -2.58. The molecule has 4 aliphatic carbocycles. The molecule has 0 aliphatic heterocycles. The van der Waals surface area contributed by atoms with E-state index in [0.717, 1.165) is 22.7 Å². The second-order valence-electron chi connectivity index (χ2n) is 11.3. The quantitative estimate of drug-likeness (QED) is 0.249. The van der Waals surface area contributed by atoms with Crippen molar-refractivity contribution < 1.29 is 0 Å². The van der Waals surface area contributed by atoms with E-state index in [1.807, 2.05) is 22.7 Å². The second-order valence-corrected chi connectivity index (χ2v) is 13.8. The number of hydrogen-bond donors (Lipinski definition) is 0. The van der Waals surface area contributed by atoms with Crippen molar-refractivity contribution in [1.29, 1.82) is 0 Å². The minimum Gasteiger partial charge on any atom is -0.332 e. The number of aromatic nitrogens is 3. The second kappa shape index (κ2) is 6.80. The Labute approximate surface area is 211 Å². The van der Waals surface area contributed by atoms with Crippen molar-refractivity contribution in [2.75, 3.05) is 0 Å². The van der Waals surface area contributed by atoms with Gasteiger partial charge in [0.25, 0.3) is 0 Å². The number of rotatable bonds is 3. The first-order valence-corrected chi connectivity index (χ1v) is 14.9. The molecule has 4 fully saturated rings. The van der Waals surface area contributed by atoms with Crippen LogP contribution in [0.25, 0.3) is 31.0 Å². The van der Waals surface area contributed by atoms with Crippen molar-refractivity contribution in [3.8, 4) is 10.6 Å². The summed E-state index contributed by atoms with van der Waals surface area (Å²) in [5.74, 6) is 2.71. The third-order valence-corrected chi connectivity index (χ3v) is 12.1. The number of hydrogen-bond acceptors (Lipinski definition) is 5. The Hall–Kier alpha value is -2.02. The van der Waals surface area contributed by atoms with Crippen LogP contribution >= 0.6 is 34.2 Å². The van der Waals surface area contributed by atoms with Gasteiger partial charge in [-0.25, -0.2) is 4.98 Å². The Bertz CT molecular complexity index is 1500. The summed E-state index contributed by atoms with van der Waals surface area (Å²) in [7, 11) is 0. The van der Waals surface area contributed by atoms with Gasteiger partial charge < -0.3 is 4.57 Å². The Morgan fingerprint density at radius 2 is 1.53 bits per heavy atom. The van der Waals surface area contributed by atoms with Crippen LogP contribution in [-0.4, -0.2) is 13.9 Å². The Morgan fingerprint density at radius 3 is 2.18 bits per heavy atom. The summed E-state index contributed by atoms with van der Waals surface area (Å²) in [4.78, 5) is 5.22. The SMILES string of the molecule is Cc1csc2c3scc(C)c3n(C34CC5CC(CC(c6nsc(-c7ccccc7)n6)(C5)C3)C4)c12. The zero-order valence-corrected chi connectivity index (χ0v) is 22.0. The molecule has 4 heterocycles. The predicted octanol–water partition coefficient (Wildman–Crippen LogP) is 8.30. The standard InChI is InChI=1S/C28H27N3S3/c1-16-13-32-23-21(16)31(22-17(2)14-33-24(22)23)28-11-18-8-19(12-28)10-27(9-18,15-28)26-29-25(34-30-26)20-6-4-3-5-7-20/h3-7,13-14,18-19H,8-12,15H2,1-2H3. The zero-order valence-electron chi connectivity index (χ0n) is 19.5. The highest BCUT2D eigenvalue weighted by molar-refractivity contribution is 7.26. The third kappa shape index (κ3) is 2.57. The lowest BCUT2D eigenvalue weighted by molar-refractivity contribution is -0.0616. The topological polar surface area (TPSA) is 30.7 Å². The third-order valence-electron chi connectivity index (χ3n) is 8.96. The van der Waals surface area contributed by atoms with Crippen LogP contribution in [0.15, 0.2) is 41.1 Å². The molecule has 0 radical (unpaired) electrons. The summed E-state index contributed by atoms with van der Waals surface area (Å²) < 4.78 is 10.9. The van der Waals surface area contributed by atoms with E-state index >= 15 is 0 Å². The zero-order chi connectivity index (χ0) is 22.7. The molecule has 0 amide bonds. The van der Waals surface area contributed by atoms with Crippen LogP contribution in [0.1, 0.15) is 55.5 Å². The van der Waals surface area contributed by atoms with Gasteiger partial charge >= 0.3 is 0 Å². The lowest BCUT2D eigenvalue weighted by Gasteiger charge is -2.62. The molecule has 4 bridgehead atoms.